The molecule has 3 aromatic rings. The summed E-state index contributed by atoms with van der Waals surface area (Å²) in [6, 6.07) is 9.33. The molecule has 2 heterocycles. The first-order valence-corrected chi connectivity index (χ1v) is 7.22. The Morgan fingerprint density at radius 3 is 2.67 bits per heavy atom. The van der Waals surface area contributed by atoms with Crippen LogP contribution in [-0.4, -0.2) is 23.7 Å². The second-order valence-corrected chi connectivity index (χ2v) is 5.47. The van der Waals surface area contributed by atoms with Gasteiger partial charge in [0.05, 0.1) is 5.56 Å². The van der Waals surface area contributed by atoms with Crippen LogP contribution in [-0.2, 0) is 12.7 Å². The first-order chi connectivity index (χ1) is 11.3. The number of aromatic nitrogens is 2. The molecule has 24 heavy (non-hydrogen) atoms. The van der Waals surface area contributed by atoms with Gasteiger partial charge in [-0.15, -0.1) is 0 Å². The van der Waals surface area contributed by atoms with E-state index in [1.54, 1.807) is 30.3 Å². The minimum Gasteiger partial charge on any atom is -0.351 e. The lowest BCUT2D eigenvalue weighted by Crippen LogP contribution is -2.23. The molecule has 0 aliphatic carbocycles. The smallest absolute Gasteiger partial charge is 0.351 e. The number of nitrogens with one attached hydrogen (secondary N) is 2. The Morgan fingerprint density at radius 2 is 2.00 bits per heavy atom. The van der Waals surface area contributed by atoms with Crippen molar-refractivity contribution in [1.82, 2.24) is 15.3 Å². The number of carbonyl (C=O) groups excluding carboxylic acids is 1. The van der Waals surface area contributed by atoms with E-state index in [0.29, 0.717) is 22.0 Å². The standard InChI is InChI=1S/C16H13BF3N3O/c17-14-4-2-10(8-21-14)15(24)22-7-9-1-3-12-11(5-9)6-13(23-12)16(18,19)20/h1-6,8,23H,7,17H2,(H,22,24). The predicted molar refractivity (Wildman–Crippen MR) is 86.9 cm³/mol. The van der Waals surface area contributed by atoms with E-state index in [9.17, 15) is 18.0 Å². The molecule has 1 amide bonds. The fourth-order valence-electron chi connectivity index (χ4n) is 2.33. The summed E-state index contributed by atoms with van der Waals surface area (Å²) in [5, 5.41) is 3.18. The van der Waals surface area contributed by atoms with Gasteiger partial charge in [0.1, 0.15) is 5.69 Å². The fraction of sp³-hybridized carbons (Fsp3) is 0.125. The van der Waals surface area contributed by atoms with Gasteiger partial charge in [0, 0.05) is 23.6 Å². The minimum absolute atomic E-state index is 0.217. The fourth-order valence-corrected chi connectivity index (χ4v) is 2.33. The second kappa shape index (κ2) is 6.03. The van der Waals surface area contributed by atoms with Gasteiger partial charge in [-0.3, -0.25) is 9.78 Å². The molecule has 0 atom stereocenters. The van der Waals surface area contributed by atoms with Crippen molar-refractivity contribution in [2.24, 2.45) is 0 Å². The molecule has 0 unspecified atom stereocenters. The molecular formula is C16H13BF3N3O. The van der Waals surface area contributed by atoms with Gasteiger partial charge in [-0.2, -0.15) is 13.2 Å². The van der Waals surface area contributed by atoms with Crippen molar-refractivity contribution < 1.29 is 18.0 Å². The third-order valence-electron chi connectivity index (χ3n) is 3.62. The van der Waals surface area contributed by atoms with Gasteiger partial charge >= 0.3 is 6.18 Å². The average Bonchev–Trinajstić information content (AvgIpc) is 2.97. The molecular weight excluding hydrogens is 318 g/mol. The van der Waals surface area contributed by atoms with E-state index in [-0.39, 0.29) is 12.5 Å². The van der Waals surface area contributed by atoms with Gasteiger partial charge in [0.15, 0.2) is 7.85 Å². The zero-order chi connectivity index (χ0) is 17.3. The van der Waals surface area contributed by atoms with Crippen LogP contribution in [0.5, 0.6) is 0 Å². The highest BCUT2D eigenvalue weighted by Crippen LogP contribution is 2.31. The van der Waals surface area contributed by atoms with Crippen LogP contribution >= 0.6 is 0 Å². The van der Waals surface area contributed by atoms with E-state index in [4.69, 9.17) is 0 Å². The molecule has 122 valence electrons. The van der Waals surface area contributed by atoms with Gasteiger partial charge in [0.25, 0.3) is 5.91 Å². The topological polar surface area (TPSA) is 57.8 Å². The first kappa shape index (κ1) is 16.1. The van der Waals surface area contributed by atoms with Gasteiger partial charge in [-0.05, 0) is 35.4 Å². The van der Waals surface area contributed by atoms with Crippen LogP contribution in [0.3, 0.4) is 0 Å². The normalized spacial score (nSPS) is 11.6. The number of hydrogen-bond acceptors (Lipinski definition) is 2. The van der Waals surface area contributed by atoms with E-state index in [0.717, 1.165) is 11.7 Å². The van der Waals surface area contributed by atoms with Gasteiger partial charge in [-0.1, -0.05) is 12.1 Å². The third-order valence-corrected chi connectivity index (χ3v) is 3.62. The Bertz CT molecular complexity index is 888. The third kappa shape index (κ3) is 3.42. The molecule has 8 heteroatoms. The number of fused-ring (bicyclic) bond motifs is 1. The minimum atomic E-state index is -4.41. The zero-order valence-electron chi connectivity index (χ0n) is 12.7. The number of alkyl halides is 3. The molecule has 0 aliphatic rings. The molecule has 2 aromatic heterocycles. The molecule has 0 fully saturated rings. The number of amides is 1. The SMILES string of the molecule is Bc1ccc(C(=O)NCc2ccc3[nH]c(C(F)(F)F)cc3c2)cn1. The Hall–Kier alpha value is -2.77. The molecule has 0 saturated carbocycles. The number of carbonyl (C=O) groups is 1. The van der Waals surface area contributed by atoms with Crippen molar-refractivity contribution in [2.75, 3.05) is 0 Å². The molecule has 3 rings (SSSR count). The van der Waals surface area contributed by atoms with Crippen LogP contribution in [0, 0.1) is 0 Å². The molecule has 0 radical (unpaired) electrons. The Morgan fingerprint density at radius 1 is 1.21 bits per heavy atom. The van der Waals surface area contributed by atoms with Crippen molar-refractivity contribution in [3.05, 3.63) is 59.4 Å². The Labute approximate surface area is 136 Å². The largest absolute Gasteiger partial charge is 0.431 e. The van der Waals surface area contributed by atoms with Crippen molar-refractivity contribution in [2.45, 2.75) is 12.7 Å². The molecule has 2 N–H and O–H groups in total. The van der Waals surface area contributed by atoms with Gasteiger partial charge in [-0.25, -0.2) is 0 Å². The Kier molecular flexibility index (Phi) is 4.05. The van der Waals surface area contributed by atoms with Crippen molar-refractivity contribution in [3.8, 4) is 0 Å². The van der Waals surface area contributed by atoms with Crippen LogP contribution in [0.25, 0.3) is 10.9 Å². The number of pyridine rings is 1. The van der Waals surface area contributed by atoms with Gasteiger partial charge in [0.2, 0.25) is 0 Å². The highest BCUT2D eigenvalue weighted by molar-refractivity contribution is 6.30. The number of benzene rings is 1. The van der Waals surface area contributed by atoms with E-state index in [2.05, 4.69) is 15.3 Å². The summed E-state index contributed by atoms with van der Waals surface area (Å²) in [7, 11) is 1.82. The number of aromatic amines is 1. The molecule has 1 aromatic carbocycles. The molecule has 0 spiro atoms. The molecule has 0 aliphatic heterocycles. The quantitative estimate of drug-likeness (QED) is 0.719. The lowest BCUT2D eigenvalue weighted by molar-refractivity contribution is -0.140. The van der Waals surface area contributed by atoms with Crippen LogP contribution in [0.15, 0.2) is 42.6 Å². The second-order valence-electron chi connectivity index (χ2n) is 5.47. The highest BCUT2D eigenvalue weighted by Gasteiger charge is 2.32. The number of H-pyrrole nitrogens is 1. The number of hydrogen-bond donors (Lipinski definition) is 2. The van der Waals surface area contributed by atoms with Crippen LogP contribution in [0.4, 0.5) is 13.2 Å². The monoisotopic (exact) mass is 331 g/mol. The molecule has 0 saturated heterocycles. The first-order valence-electron chi connectivity index (χ1n) is 7.22. The lowest BCUT2D eigenvalue weighted by Gasteiger charge is -2.06. The maximum Gasteiger partial charge on any atom is 0.431 e. The van der Waals surface area contributed by atoms with E-state index in [1.165, 1.54) is 6.20 Å². The predicted octanol–water partition coefficient (Wildman–Crippen LogP) is 1.77. The van der Waals surface area contributed by atoms with Crippen molar-refractivity contribution in [3.63, 3.8) is 0 Å². The summed E-state index contributed by atoms with van der Waals surface area (Å²) in [5.74, 6) is -0.285. The Balaban J connectivity index is 1.73. The summed E-state index contributed by atoms with van der Waals surface area (Å²) in [6.45, 7) is 0.217. The van der Waals surface area contributed by atoms with Crippen LogP contribution in [0.2, 0.25) is 0 Å². The number of rotatable bonds is 3. The summed E-state index contributed by atoms with van der Waals surface area (Å²) in [4.78, 5) is 18.4. The highest BCUT2D eigenvalue weighted by atomic mass is 19.4. The van der Waals surface area contributed by atoms with Gasteiger partial charge < -0.3 is 10.3 Å². The van der Waals surface area contributed by atoms with Crippen LogP contribution < -0.4 is 10.9 Å². The van der Waals surface area contributed by atoms with Crippen molar-refractivity contribution in [1.29, 1.82) is 0 Å². The van der Waals surface area contributed by atoms with Crippen LogP contribution in [0.1, 0.15) is 21.6 Å². The maximum absolute atomic E-state index is 12.7. The van der Waals surface area contributed by atoms with E-state index in [1.807, 2.05) is 7.85 Å². The summed E-state index contributed by atoms with van der Waals surface area (Å²) < 4.78 is 38.1. The number of halogens is 3. The van der Waals surface area contributed by atoms with E-state index < -0.39 is 11.9 Å². The summed E-state index contributed by atoms with van der Waals surface area (Å²) in [5.41, 5.74) is 1.57. The summed E-state index contributed by atoms with van der Waals surface area (Å²) in [6.07, 6.45) is -2.93. The molecule has 4 nitrogen and oxygen atoms in total. The molecule has 0 bridgehead atoms. The zero-order valence-corrected chi connectivity index (χ0v) is 12.7. The maximum atomic E-state index is 12.7. The van der Waals surface area contributed by atoms with E-state index >= 15 is 0 Å². The number of nitrogens with zero attached hydrogens (tertiary/aromatic N) is 1. The summed E-state index contributed by atoms with van der Waals surface area (Å²) >= 11 is 0. The van der Waals surface area contributed by atoms with Crippen molar-refractivity contribution >= 4 is 30.2 Å². The average molecular weight is 331 g/mol. The lowest BCUT2D eigenvalue weighted by atomic mass is 10.0.